The summed E-state index contributed by atoms with van der Waals surface area (Å²) in [5.74, 6) is 1.10. The van der Waals surface area contributed by atoms with Crippen LogP contribution in [0.1, 0.15) is 0 Å². The summed E-state index contributed by atoms with van der Waals surface area (Å²) in [5.41, 5.74) is 1.03. The summed E-state index contributed by atoms with van der Waals surface area (Å²) in [7, 11) is 0. The van der Waals surface area contributed by atoms with Gasteiger partial charge >= 0.3 is 22.8 Å². The zero-order chi connectivity index (χ0) is 47.3. The molecule has 12 rings (SSSR count). The highest BCUT2D eigenvalue weighted by molar-refractivity contribution is 5.75. The fraction of sp³-hybridized carbons (Fsp3) is 0. The molecule has 10 N–H and O–H groups in total. The average molecular weight is 913 g/mol. The summed E-state index contributed by atoms with van der Waals surface area (Å²) in [6.07, 6.45) is 2.74. The third-order valence-electron chi connectivity index (χ3n) is 9.87. The zero-order valence-corrected chi connectivity index (χ0v) is 34.7. The standard InChI is InChI=1S/4C11H8N4O2/c2*16-10-8-9(13-6-12-8)14-11(17)15(10)7-4-2-1-3-5-7;2*16-10-7-9(14-11(17)15-10)13-8(12-7)6-4-2-1-3-5-6/h2*1-6H,(H,12,13)(H,14,17);2*1-5H,(H3,12,13,14,15,16,17). The molecule has 0 fully saturated rings. The van der Waals surface area contributed by atoms with Gasteiger partial charge in [-0.3, -0.25) is 49.1 Å². The zero-order valence-electron chi connectivity index (χ0n) is 34.7. The van der Waals surface area contributed by atoms with E-state index in [0.717, 1.165) is 20.3 Å². The number of hydrogen-bond donors (Lipinski definition) is 10. The van der Waals surface area contributed by atoms with Gasteiger partial charge in [-0.25, -0.2) is 48.2 Å². The Labute approximate surface area is 374 Å². The maximum atomic E-state index is 12.1. The van der Waals surface area contributed by atoms with Crippen molar-refractivity contribution in [3.8, 4) is 34.2 Å². The van der Waals surface area contributed by atoms with Crippen LogP contribution in [-0.2, 0) is 0 Å². The minimum atomic E-state index is -0.561. The molecule has 0 aliphatic heterocycles. The van der Waals surface area contributed by atoms with E-state index in [1.165, 1.54) is 12.7 Å². The van der Waals surface area contributed by atoms with Gasteiger partial charge in [0.25, 0.3) is 22.2 Å². The van der Waals surface area contributed by atoms with Crippen molar-refractivity contribution in [2.75, 3.05) is 0 Å². The molecular weight excluding hydrogens is 881 g/mol. The Morgan fingerprint density at radius 2 is 0.706 bits per heavy atom. The molecule has 0 saturated carbocycles. The molecule has 24 nitrogen and oxygen atoms in total. The first-order valence-corrected chi connectivity index (χ1v) is 20.1. The van der Waals surface area contributed by atoms with Gasteiger partial charge in [0.2, 0.25) is 0 Å². The van der Waals surface area contributed by atoms with Crippen LogP contribution in [0.15, 0.2) is 172 Å². The largest absolute Gasteiger partial charge is 0.339 e. The molecule has 0 saturated heterocycles. The molecule has 0 aliphatic carbocycles. The second kappa shape index (κ2) is 18.3. The highest BCUT2D eigenvalue weighted by atomic mass is 16.2. The van der Waals surface area contributed by atoms with Gasteiger partial charge in [0, 0.05) is 11.1 Å². The lowest BCUT2D eigenvalue weighted by molar-refractivity contribution is 0.896. The first kappa shape index (κ1) is 42.8. The molecule has 0 radical (unpaired) electrons. The van der Waals surface area contributed by atoms with Gasteiger partial charge in [0.05, 0.1) is 24.0 Å². The molecule has 0 aliphatic rings. The summed E-state index contributed by atoms with van der Waals surface area (Å²) in [5, 5.41) is 0. The monoisotopic (exact) mass is 912 g/mol. The smallest absolute Gasteiger partial charge is 0.334 e. The van der Waals surface area contributed by atoms with Crippen molar-refractivity contribution >= 4 is 44.7 Å². The molecule has 0 atom stereocenters. The van der Waals surface area contributed by atoms with E-state index in [-0.39, 0.29) is 44.7 Å². The Morgan fingerprint density at radius 1 is 0.353 bits per heavy atom. The van der Waals surface area contributed by atoms with E-state index in [9.17, 15) is 38.4 Å². The summed E-state index contributed by atoms with van der Waals surface area (Å²) < 4.78 is 2.14. The minimum absolute atomic E-state index is 0.262. The minimum Gasteiger partial charge on any atom is -0.339 e. The van der Waals surface area contributed by atoms with Crippen LogP contribution in [0, 0.1) is 0 Å². The average Bonchev–Trinajstić information content (AvgIpc) is 4.19. The van der Waals surface area contributed by atoms with Crippen LogP contribution >= 0.6 is 0 Å². The number of H-pyrrole nitrogens is 10. The second-order valence-corrected chi connectivity index (χ2v) is 14.2. The normalized spacial score (nSPS) is 10.8. The summed E-state index contributed by atoms with van der Waals surface area (Å²) in [6.45, 7) is 0. The molecule has 12 aromatic rings. The van der Waals surface area contributed by atoms with Gasteiger partial charge in [-0.2, -0.15) is 0 Å². The van der Waals surface area contributed by atoms with Gasteiger partial charge < -0.3 is 19.9 Å². The number of nitrogens with zero attached hydrogens (tertiary/aromatic N) is 6. The SMILES string of the molecule is O=c1[nH]c(=O)c2[nH]c(-c3ccccc3)nc2[nH]1.O=c1[nH]c(=O)c2[nH]c(-c3ccccc3)nc2[nH]1.O=c1[nH]c2nc[nH]c2c(=O)n1-c1ccccc1.O=c1[nH]c2nc[nH]c2c(=O)n1-c1ccccc1. The van der Waals surface area contributed by atoms with Gasteiger partial charge in [-0.05, 0) is 24.3 Å². The number of aromatic amines is 10. The van der Waals surface area contributed by atoms with Crippen LogP contribution in [0.25, 0.3) is 78.8 Å². The van der Waals surface area contributed by atoms with Crippen LogP contribution in [0.2, 0.25) is 0 Å². The molecule has 336 valence electrons. The van der Waals surface area contributed by atoms with E-state index in [1.54, 1.807) is 48.5 Å². The number of aromatic nitrogens is 16. The number of benzene rings is 4. The van der Waals surface area contributed by atoms with Gasteiger partial charge in [-0.15, -0.1) is 0 Å². The number of rotatable bonds is 4. The molecule has 0 unspecified atom stereocenters. The van der Waals surface area contributed by atoms with Gasteiger partial charge in [0.15, 0.2) is 22.6 Å². The molecule has 4 aromatic carbocycles. The Balaban J connectivity index is 0.000000113. The summed E-state index contributed by atoms with van der Waals surface area (Å²) in [6, 6.07) is 36.2. The predicted molar refractivity (Wildman–Crippen MR) is 250 cm³/mol. The summed E-state index contributed by atoms with van der Waals surface area (Å²) >= 11 is 0. The van der Waals surface area contributed by atoms with E-state index in [2.05, 4.69) is 69.8 Å². The molecule has 0 spiro atoms. The van der Waals surface area contributed by atoms with E-state index in [0.29, 0.717) is 23.0 Å². The van der Waals surface area contributed by atoms with Crippen LogP contribution in [0.5, 0.6) is 0 Å². The Hall–Kier alpha value is -10.5. The Bertz CT molecular complexity index is 3950. The maximum Gasteiger partial charge on any atom is 0.334 e. The number of fused-ring (bicyclic) bond motifs is 4. The summed E-state index contributed by atoms with van der Waals surface area (Å²) in [4.78, 5) is 134. The predicted octanol–water partition coefficient (Wildman–Crippen LogP) is 2.02. The molecule has 68 heavy (non-hydrogen) atoms. The van der Waals surface area contributed by atoms with Crippen LogP contribution < -0.4 is 45.0 Å². The van der Waals surface area contributed by atoms with Crippen molar-refractivity contribution in [3.05, 3.63) is 217 Å². The van der Waals surface area contributed by atoms with Crippen molar-refractivity contribution in [1.29, 1.82) is 0 Å². The van der Waals surface area contributed by atoms with Gasteiger partial charge in [-0.1, -0.05) is 97.1 Å². The lowest BCUT2D eigenvalue weighted by Crippen LogP contribution is -2.33. The Kier molecular flexibility index (Phi) is 11.5. The number of nitrogens with one attached hydrogen (secondary N) is 10. The van der Waals surface area contributed by atoms with Crippen LogP contribution in [-0.4, -0.2) is 78.9 Å². The fourth-order valence-corrected chi connectivity index (χ4v) is 6.78. The number of para-hydroxylation sites is 2. The Morgan fingerprint density at radius 3 is 1.07 bits per heavy atom. The van der Waals surface area contributed by atoms with Crippen molar-refractivity contribution < 1.29 is 0 Å². The maximum absolute atomic E-state index is 12.1. The highest BCUT2D eigenvalue weighted by Crippen LogP contribution is 2.17. The highest BCUT2D eigenvalue weighted by Gasteiger charge is 2.13. The lowest BCUT2D eigenvalue weighted by atomic mass is 10.2. The first-order chi connectivity index (χ1) is 33.0. The van der Waals surface area contributed by atoms with E-state index >= 15 is 0 Å². The van der Waals surface area contributed by atoms with E-state index in [4.69, 9.17) is 0 Å². The topological polar surface area (TPSA) is 356 Å². The van der Waals surface area contributed by atoms with E-state index in [1.807, 2.05) is 72.8 Å². The molecule has 8 heterocycles. The molecule has 0 bridgehead atoms. The number of hydrogen-bond acceptors (Lipinski definition) is 12. The van der Waals surface area contributed by atoms with E-state index < -0.39 is 45.0 Å². The first-order valence-electron chi connectivity index (χ1n) is 20.1. The van der Waals surface area contributed by atoms with Crippen LogP contribution in [0.4, 0.5) is 0 Å². The quantitative estimate of drug-likeness (QED) is 0.121. The third kappa shape index (κ3) is 8.71. The van der Waals surface area contributed by atoms with Crippen molar-refractivity contribution in [3.63, 3.8) is 0 Å². The molecule has 8 aromatic heterocycles. The van der Waals surface area contributed by atoms with Crippen molar-refractivity contribution in [2.24, 2.45) is 0 Å². The molecular formula is C44H32N16O8. The number of imidazole rings is 4. The van der Waals surface area contributed by atoms with Crippen molar-refractivity contribution in [1.82, 2.24) is 78.9 Å². The molecule has 24 heteroatoms. The fourth-order valence-electron chi connectivity index (χ4n) is 6.78. The van der Waals surface area contributed by atoms with Gasteiger partial charge in [0.1, 0.15) is 33.7 Å². The van der Waals surface area contributed by atoms with Crippen LogP contribution in [0.3, 0.4) is 0 Å². The second-order valence-electron chi connectivity index (χ2n) is 14.2. The lowest BCUT2D eigenvalue weighted by Gasteiger charge is -2.03. The van der Waals surface area contributed by atoms with Crippen molar-refractivity contribution in [2.45, 2.75) is 0 Å². The molecule has 0 amide bonds. The third-order valence-corrected chi connectivity index (χ3v) is 9.87.